The van der Waals surface area contributed by atoms with E-state index in [0.717, 1.165) is 22.2 Å². The second kappa shape index (κ2) is 4.46. The van der Waals surface area contributed by atoms with Gasteiger partial charge in [-0.25, -0.2) is 0 Å². The Morgan fingerprint density at radius 1 is 1.39 bits per heavy atom. The maximum atomic E-state index is 11.1. The molecule has 0 fully saturated rings. The maximum Gasteiger partial charge on any atom is 0.323 e. The van der Waals surface area contributed by atoms with Crippen molar-refractivity contribution in [1.82, 2.24) is 10.3 Å². The van der Waals surface area contributed by atoms with Crippen LogP contribution in [0.25, 0.3) is 10.9 Å². The summed E-state index contributed by atoms with van der Waals surface area (Å²) >= 11 is 0. The number of nitrogens with one attached hydrogen (secondary N) is 2. The molecule has 0 aliphatic heterocycles. The van der Waals surface area contributed by atoms with E-state index < -0.39 is 11.5 Å². The van der Waals surface area contributed by atoms with E-state index in [-0.39, 0.29) is 0 Å². The van der Waals surface area contributed by atoms with Crippen molar-refractivity contribution in [2.24, 2.45) is 0 Å². The Hall–Kier alpha value is -1.81. The Morgan fingerprint density at radius 2 is 2.06 bits per heavy atom. The number of H-pyrrole nitrogens is 1. The summed E-state index contributed by atoms with van der Waals surface area (Å²) in [5.41, 5.74) is 2.36. The molecule has 2 aromatic rings. The molecule has 4 heteroatoms. The van der Waals surface area contributed by atoms with Crippen molar-refractivity contribution in [2.45, 2.75) is 32.9 Å². The second-order valence-electron chi connectivity index (χ2n) is 5.06. The number of para-hydroxylation sites is 1. The molecule has 0 aliphatic rings. The highest BCUT2D eigenvalue weighted by atomic mass is 16.4. The van der Waals surface area contributed by atoms with Crippen molar-refractivity contribution in [3.8, 4) is 0 Å². The summed E-state index contributed by atoms with van der Waals surface area (Å²) in [6.45, 7) is 5.87. The monoisotopic (exact) mass is 246 g/mol. The third kappa shape index (κ3) is 2.24. The topological polar surface area (TPSA) is 65.1 Å². The van der Waals surface area contributed by atoms with E-state index in [0.29, 0.717) is 6.54 Å². The first-order chi connectivity index (χ1) is 8.42. The molecular formula is C14H18N2O2. The first kappa shape index (κ1) is 12.6. The third-order valence-corrected chi connectivity index (χ3v) is 3.27. The largest absolute Gasteiger partial charge is 0.480 e. The van der Waals surface area contributed by atoms with Gasteiger partial charge in [0.15, 0.2) is 0 Å². The molecule has 18 heavy (non-hydrogen) atoms. The lowest BCUT2D eigenvalue weighted by Crippen LogP contribution is -2.46. The van der Waals surface area contributed by atoms with E-state index in [9.17, 15) is 4.79 Å². The molecule has 0 unspecified atom stereocenters. The predicted molar refractivity (Wildman–Crippen MR) is 71.6 cm³/mol. The zero-order valence-electron chi connectivity index (χ0n) is 10.9. The first-order valence-electron chi connectivity index (χ1n) is 5.96. The van der Waals surface area contributed by atoms with Crippen LogP contribution in [0.3, 0.4) is 0 Å². The molecule has 1 aromatic heterocycles. The van der Waals surface area contributed by atoms with Gasteiger partial charge in [-0.3, -0.25) is 10.1 Å². The molecule has 1 aromatic carbocycles. The summed E-state index contributed by atoms with van der Waals surface area (Å²) in [6, 6.07) is 8.04. The minimum Gasteiger partial charge on any atom is -0.480 e. The molecule has 0 bridgehead atoms. The Morgan fingerprint density at radius 3 is 2.72 bits per heavy atom. The number of aromatic nitrogens is 1. The smallest absolute Gasteiger partial charge is 0.323 e. The van der Waals surface area contributed by atoms with Crippen LogP contribution < -0.4 is 5.32 Å². The van der Waals surface area contributed by atoms with Gasteiger partial charge in [0.05, 0.1) is 0 Å². The average molecular weight is 246 g/mol. The predicted octanol–water partition coefficient (Wildman–Crippen LogP) is 2.43. The lowest BCUT2D eigenvalue weighted by Gasteiger charge is -2.21. The van der Waals surface area contributed by atoms with Gasteiger partial charge >= 0.3 is 5.97 Å². The van der Waals surface area contributed by atoms with Crippen LogP contribution in [-0.2, 0) is 11.3 Å². The van der Waals surface area contributed by atoms with Crippen LogP contribution in [0.15, 0.2) is 24.3 Å². The van der Waals surface area contributed by atoms with Gasteiger partial charge in [0.2, 0.25) is 0 Å². The number of carboxylic acids is 1. The standard InChI is InChI=1S/C14H18N2O2/c1-9-11(8-15-14(2,3)13(17)18)10-6-4-5-7-12(10)16-9/h4-7,15-16H,8H2,1-3H3,(H,17,18). The number of aromatic amines is 1. The summed E-state index contributed by atoms with van der Waals surface area (Å²) in [6.07, 6.45) is 0. The molecule has 0 saturated heterocycles. The molecule has 1 heterocycles. The van der Waals surface area contributed by atoms with Crippen molar-refractivity contribution in [2.75, 3.05) is 0 Å². The van der Waals surface area contributed by atoms with Crippen LogP contribution >= 0.6 is 0 Å². The Labute approximate surface area is 106 Å². The third-order valence-electron chi connectivity index (χ3n) is 3.27. The van der Waals surface area contributed by atoms with Crippen molar-refractivity contribution >= 4 is 16.9 Å². The fourth-order valence-electron chi connectivity index (χ4n) is 1.95. The van der Waals surface area contributed by atoms with Crippen molar-refractivity contribution in [3.63, 3.8) is 0 Å². The Kier molecular flexibility index (Phi) is 3.13. The van der Waals surface area contributed by atoms with E-state index >= 15 is 0 Å². The molecule has 0 amide bonds. The number of carbonyl (C=O) groups is 1. The van der Waals surface area contributed by atoms with Crippen LogP contribution in [0, 0.1) is 6.92 Å². The summed E-state index contributed by atoms with van der Waals surface area (Å²) < 4.78 is 0. The van der Waals surface area contributed by atoms with Crippen molar-refractivity contribution < 1.29 is 9.90 Å². The summed E-state index contributed by atoms with van der Waals surface area (Å²) in [7, 11) is 0. The van der Waals surface area contributed by atoms with Crippen LogP contribution in [0.5, 0.6) is 0 Å². The number of rotatable bonds is 4. The number of aryl methyl sites for hydroxylation is 1. The van der Waals surface area contributed by atoms with Gasteiger partial charge in [0.25, 0.3) is 0 Å². The van der Waals surface area contributed by atoms with Crippen LogP contribution in [0.2, 0.25) is 0 Å². The van der Waals surface area contributed by atoms with Crippen molar-refractivity contribution in [1.29, 1.82) is 0 Å². The zero-order chi connectivity index (χ0) is 13.3. The van der Waals surface area contributed by atoms with Crippen molar-refractivity contribution in [3.05, 3.63) is 35.5 Å². The lowest BCUT2D eigenvalue weighted by molar-refractivity contribution is -0.143. The summed E-state index contributed by atoms with van der Waals surface area (Å²) in [5.74, 6) is -0.847. The highest BCUT2D eigenvalue weighted by molar-refractivity contribution is 5.84. The molecule has 0 saturated carbocycles. The molecule has 0 aliphatic carbocycles. The molecule has 96 valence electrons. The molecule has 2 rings (SSSR count). The van der Waals surface area contributed by atoms with Crippen LogP contribution in [-0.4, -0.2) is 21.6 Å². The van der Waals surface area contributed by atoms with Crippen LogP contribution in [0.1, 0.15) is 25.1 Å². The number of carboxylic acid groups (broad SMARTS) is 1. The summed E-state index contributed by atoms with van der Waals surface area (Å²) in [5, 5.41) is 13.3. The zero-order valence-corrected chi connectivity index (χ0v) is 10.9. The minimum absolute atomic E-state index is 0.537. The van der Waals surface area contributed by atoms with Gasteiger partial charge in [-0.1, -0.05) is 18.2 Å². The van der Waals surface area contributed by atoms with Gasteiger partial charge in [-0.15, -0.1) is 0 Å². The van der Waals surface area contributed by atoms with Gasteiger partial charge < -0.3 is 10.1 Å². The SMILES string of the molecule is Cc1[nH]c2ccccc2c1CNC(C)(C)C(=O)O. The average Bonchev–Trinajstić information content (AvgIpc) is 2.62. The van der Waals surface area contributed by atoms with Gasteiger partial charge in [-0.2, -0.15) is 0 Å². The fourth-order valence-corrected chi connectivity index (χ4v) is 1.95. The number of aliphatic carboxylic acids is 1. The van der Waals surface area contributed by atoms with Gasteiger partial charge in [0.1, 0.15) is 5.54 Å². The van der Waals surface area contributed by atoms with E-state index in [2.05, 4.69) is 10.3 Å². The molecule has 3 N–H and O–H groups in total. The van der Waals surface area contributed by atoms with E-state index in [4.69, 9.17) is 5.11 Å². The van der Waals surface area contributed by atoms with E-state index in [1.807, 2.05) is 31.2 Å². The van der Waals surface area contributed by atoms with Gasteiger partial charge in [0, 0.05) is 23.1 Å². The highest BCUT2D eigenvalue weighted by Crippen LogP contribution is 2.22. The number of benzene rings is 1. The van der Waals surface area contributed by atoms with E-state index in [1.54, 1.807) is 13.8 Å². The first-order valence-corrected chi connectivity index (χ1v) is 5.96. The van der Waals surface area contributed by atoms with Gasteiger partial charge in [-0.05, 0) is 32.4 Å². The minimum atomic E-state index is -0.926. The molecule has 0 atom stereocenters. The maximum absolute atomic E-state index is 11.1. The molecular weight excluding hydrogens is 228 g/mol. The molecule has 0 spiro atoms. The number of hydrogen-bond donors (Lipinski definition) is 3. The lowest BCUT2D eigenvalue weighted by atomic mass is 10.0. The Bertz CT molecular complexity index is 584. The normalized spacial score (nSPS) is 11.9. The summed E-state index contributed by atoms with van der Waals surface area (Å²) in [4.78, 5) is 14.4. The highest BCUT2D eigenvalue weighted by Gasteiger charge is 2.26. The van der Waals surface area contributed by atoms with E-state index in [1.165, 1.54) is 0 Å². The molecule has 4 nitrogen and oxygen atoms in total. The Balaban J connectivity index is 2.27. The van der Waals surface area contributed by atoms with Crippen LogP contribution in [0.4, 0.5) is 0 Å². The fraction of sp³-hybridized carbons (Fsp3) is 0.357. The number of fused-ring (bicyclic) bond motifs is 1. The number of hydrogen-bond acceptors (Lipinski definition) is 2. The second-order valence-corrected chi connectivity index (χ2v) is 5.06. The quantitative estimate of drug-likeness (QED) is 0.776. The molecule has 0 radical (unpaired) electrons.